The molecule has 0 bridgehead atoms. The lowest BCUT2D eigenvalue weighted by atomic mass is 9.72. The maximum absolute atomic E-state index is 15.4. The highest BCUT2D eigenvalue weighted by molar-refractivity contribution is 5.70. The maximum Gasteiger partial charge on any atom is 0.306 e. The lowest BCUT2D eigenvalue weighted by molar-refractivity contribution is -0.143. The molecule has 1 saturated heterocycles. The number of hydrogen-bond acceptors (Lipinski definition) is 3. The Hall–Kier alpha value is -2.40. The Balaban J connectivity index is 1.36. The van der Waals surface area contributed by atoms with Crippen molar-refractivity contribution in [1.29, 1.82) is 0 Å². The van der Waals surface area contributed by atoms with E-state index in [-0.39, 0.29) is 17.8 Å². The number of carbonyl (C=O) groups is 1. The number of halogens is 1. The van der Waals surface area contributed by atoms with Gasteiger partial charge in [-0.1, -0.05) is 51.1 Å². The Morgan fingerprint density at radius 1 is 1.00 bits per heavy atom. The van der Waals surface area contributed by atoms with Crippen LogP contribution in [-0.4, -0.2) is 35.2 Å². The molecule has 2 aromatic carbocycles. The predicted molar refractivity (Wildman–Crippen MR) is 133 cm³/mol. The summed E-state index contributed by atoms with van der Waals surface area (Å²) in [6.45, 7) is 8.85. The molecule has 5 heteroatoms. The van der Waals surface area contributed by atoms with Crippen LogP contribution in [0, 0.1) is 23.1 Å². The highest BCUT2D eigenvalue weighted by Gasteiger charge is 2.30. The monoisotopic (exact) mass is 467 g/mol. The van der Waals surface area contributed by atoms with E-state index in [0.29, 0.717) is 49.0 Å². The molecule has 1 aliphatic heterocycles. The summed E-state index contributed by atoms with van der Waals surface area (Å²) in [4.78, 5) is 13.3. The van der Waals surface area contributed by atoms with Gasteiger partial charge in [0.05, 0.1) is 12.0 Å². The Labute approximate surface area is 203 Å². The van der Waals surface area contributed by atoms with Crippen molar-refractivity contribution in [2.24, 2.45) is 17.3 Å². The van der Waals surface area contributed by atoms with E-state index in [2.05, 4.69) is 25.7 Å². The number of benzene rings is 2. The minimum Gasteiger partial charge on any atom is -0.490 e. The summed E-state index contributed by atoms with van der Waals surface area (Å²) in [6.07, 6.45) is 6.09. The van der Waals surface area contributed by atoms with Crippen molar-refractivity contribution in [3.63, 3.8) is 0 Å². The number of piperidine rings is 1. The number of aliphatic carboxylic acids is 1. The molecule has 0 aromatic heterocycles. The quantitative estimate of drug-likeness (QED) is 0.509. The van der Waals surface area contributed by atoms with Gasteiger partial charge in [0, 0.05) is 17.7 Å². The summed E-state index contributed by atoms with van der Waals surface area (Å²) in [5.41, 5.74) is 2.45. The van der Waals surface area contributed by atoms with E-state index in [0.717, 1.165) is 30.1 Å². The lowest BCUT2D eigenvalue weighted by Gasteiger charge is -2.36. The Morgan fingerprint density at radius 2 is 1.65 bits per heavy atom. The average Bonchev–Trinajstić information content (AvgIpc) is 2.81. The molecular formula is C29H38FNO3. The van der Waals surface area contributed by atoms with Crippen LogP contribution in [0.4, 0.5) is 4.39 Å². The van der Waals surface area contributed by atoms with Crippen molar-refractivity contribution in [1.82, 2.24) is 4.90 Å². The Morgan fingerprint density at radius 3 is 2.24 bits per heavy atom. The number of hydrogen-bond donors (Lipinski definition) is 1. The first kappa shape index (κ1) is 24.7. The van der Waals surface area contributed by atoms with Gasteiger partial charge in [0.1, 0.15) is 11.6 Å². The fourth-order valence-corrected chi connectivity index (χ4v) is 5.46. The van der Waals surface area contributed by atoms with Crippen LogP contribution in [0.5, 0.6) is 5.75 Å². The molecule has 34 heavy (non-hydrogen) atoms. The number of likely N-dealkylation sites (tertiary alicyclic amines) is 1. The zero-order valence-electron chi connectivity index (χ0n) is 20.7. The molecule has 1 aliphatic carbocycles. The third kappa shape index (κ3) is 5.99. The summed E-state index contributed by atoms with van der Waals surface area (Å²) in [5, 5.41) is 9.18. The predicted octanol–water partition coefficient (Wildman–Crippen LogP) is 6.77. The van der Waals surface area contributed by atoms with Gasteiger partial charge < -0.3 is 9.84 Å². The highest BCUT2D eigenvalue weighted by atomic mass is 19.1. The topological polar surface area (TPSA) is 49.8 Å². The van der Waals surface area contributed by atoms with E-state index in [1.54, 1.807) is 0 Å². The van der Waals surface area contributed by atoms with Crippen LogP contribution in [0.15, 0.2) is 42.5 Å². The first-order chi connectivity index (χ1) is 16.2. The van der Waals surface area contributed by atoms with Crippen molar-refractivity contribution in [2.75, 3.05) is 13.1 Å². The molecule has 1 N–H and O–H groups in total. The zero-order valence-corrected chi connectivity index (χ0v) is 20.7. The molecule has 2 aromatic rings. The maximum atomic E-state index is 15.4. The second-order valence-corrected chi connectivity index (χ2v) is 11.1. The van der Waals surface area contributed by atoms with Crippen LogP contribution in [0.1, 0.15) is 64.9 Å². The SMILES string of the molecule is CC(C)(C)[C@H]1CC[C@H](Oc2ccc(-c3cccc(CN4CCC(C(=O)O)CC4)c3F)cc2)CC1. The lowest BCUT2D eigenvalue weighted by Crippen LogP contribution is -2.36. The summed E-state index contributed by atoms with van der Waals surface area (Å²) in [6, 6.07) is 13.3. The third-order valence-electron chi connectivity index (χ3n) is 7.78. The van der Waals surface area contributed by atoms with Crippen LogP contribution < -0.4 is 4.74 Å². The second kappa shape index (κ2) is 10.5. The van der Waals surface area contributed by atoms with Gasteiger partial charge in [-0.25, -0.2) is 4.39 Å². The van der Waals surface area contributed by atoms with Crippen LogP contribution in [0.2, 0.25) is 0 Å². The third-order valence-corrected chi connectivity index (χ3v) is 7.78. The van der Waals surface area contributed by atoms with Gasteiger partial charge in [-0.3, -0.25) is 9.69 Å². The summed E-state index contributed by atoms with van der Waals surface area (Å²) in [5.74, 6) is 0.408. The van der Waals surface area contributed by atoms with Crippen LogP contribution in [0.25, 0.3) is 11.1 Å². The van der Waals surface area contributed by atoms with Gasteiger partial charge in [-0.05, 0) is 80.6 Å². The summed E-state index contributed by atoms with van der Waals surface area (Å²) in [7, 11) is 0. The first-order valence-corrected chi connectivity index (χ1v) is 12.7. The molecule has 4 rings (SSSR count). The Kier molecular flexibility index (Phi) is 7.61. The van der Waals surface area contributed by atoms with Crippen LogP contribution >= 0.6 is 0 Å². The molecule has 4 nitrogen and oxygen atoms in total. The van der Waals surface area contributed by atoms with E-state index < -0.39 is 5.97 Å². The molecule has 0 spiro atoms. The van der Waals surface area contributed by atoms with Crippen molar-refractivity contribution in [3.8, 4) is 16.9 Å². The number of rotatable bonds is 6. The molecular weight excluding hydrogens is 429 g/mol. The van der Waals surface area contributed by atoms with E-state index in [1.807, 2.05) is 42.5 Å². The number of carboxylic acid groups (broad SMARTS) is 1. The van der Waals surface area contributed by atoms with Gasteiger partial charge in [0.15, 0.2) is 0 Å². The first-order valence-electron chi connectivity index (χ1n) is 12.7. The summed E-state index contributed by atoms with van der Waals surface area (Å²) >= 11 is 0. The van der Waals surface area contributed by atoms with Crippen LogP contribution in [-0.2, 0) is 11.3 Å². The number of nitrogens with zero attached hydrogens (tertiary/aromatic N) is 1. The van der Waals surface area contributed by atoms with E-state index in [4.69, 9.17) is 4.74 Å². The normalized spacial score (nSPS) is 22.5. The van der Waals surface area contributed by atoms with Crippen molar-refractivity contribution in [3.05, 3.63) is 53.8 Å². The van der Waals surface area contributed by atoms with E-state index >= 15 is 4.39 Å². The van der Waals surface area contributed by atoms with Crippen molar-refractivity contribution in [2.45, 2.75) is 71.9 Å². The minimum atomic E-state index is -0.724. The average molecular weight is 468 g/mol. The highest BCUT2D eigenvalue weighted by Crippen LogP contribution is 2.39. The second-order valence-electron chi connectivity index (χ2n) is 11.1. The fraction of sp³-hybridized carbons (Fsp3) is 0.552. The van der Waals surface area contributed by atoms with Crippen molar-refractivity contribution >= 4 is 5.97 Å². The minimum absolute atomic E-state index is 0.197. The zero-order chi connectivity index (χ0) is 24.3. The molecule has 0 unspecified atom stereocenters. The molecule has 1 saturated carbocycles. The molecule has 0 amide bonds. The molecule has 1 heterocycles. The van der Waals surface area contributed by atoms with Gasteiger partial charge in [-0.2, -0.15) is 0 Å². The summed E-state index contributed by atoms with van der Waals surface area (Å²) < 4.78 is 21.6. The fourth-order valence-electron chi connectivity index (χ4n) is 5.46. The smallest absolute Gasteiger partial charge is 0.306 e. The van der Waals surface area contributed by atoms with Gasteiger partial charge >= 0.3 is 5.97 Å². The van der Waals surface area contributed by atoms with E-state index in [1.165, 1.54) is 12.8 Å². The molecule has 0 atom stereocenters. The van der Waals surface area contributed by atoms with Crippen molar-refractivity contribution < 1.29 is 19.0 Å². The Bertz CT molecular complexity index is 966. The molecule has 2 fully saturated rings. The standard InChI is InChI=1S/C29H38FNO3/c1-29(2,3)23-9-13-25(14-10-23)34-24-11-7-20(8-12-24)26-6-4-5-22(27(26)30)19-31-17-15-21(16-18-31)28(32)33/h4-8,11-12,21,23,25H,9-10,13-19H2,1-3H3,(H,32,33)/t23-,25-. The van der Waals surface area contributed by atoms with Gasteiger partial charge in [-0.15, -0.1) is 0 Å². The molecule has 2 aliphatic rings. The molecule has 0 radical (unpaired) electrons. The van der Waals surface area contributed by atoms with Crippen LogP contribution in [0.3, 0.4) is 0 Å². The van der Waals surface area contributed by atoms with E-state index in [9.17, 15) is 9.90 Å². The number of carboxylic acids is 1. The number of ether oxygens (including phenoxy) is 1. The van der Waals surface area contributed by atoms with Gasteiger partial charge in [0.2, 0.25) is 0 Å². The van der Waals surface area contributed by atoms with Gasteiger partial charge in [0.25, 0.3) is 0 Å². The largest absolute Gasteiger partial charge is 0.490 e. The molecule has 184 valence electrons.